The molecular formula is C4H8N4S. The first kappa shape index (κ1) is 6.54. The van der Waals surface area contributed by atoms with Crippen LogP contribution in [-0.4, -0.2) is 26.5 Å². The molecule has 1 atom stereocenters. The zero-order valence-corrected chi connectivity index (χ0v) is 6.17. The van der Waals surface area contributed by atoms with Crippen molar-refractivity contribution >= 4 is 11.8 Å². The molecular weight excluding hydrogens is 136 g/mol. The van der Waals surface area contributed by atoms with Gasteiger partial charge in [-0.15, -0.1) is 16.9 Å². The predicted molar refractivity (Wildman–Crippen MR) is 36.0 cm³/mol. The van der Waals surface area contributed by atoms with E-state index in [2.05, 4.69) is 15.5 Å². The zero-order valence-electron chi connectivity index (χ0n) is 5.35. The lowest BCUT2D eigenvalue weighted by Gasteiger charge is -2.03. The number of rotatable bonds is 2. The molecule has 5 heteroatoms. The smallest absolute Gasteiger partial charge is 0.139 e. The van der Waals surface area contributed by atoms with Gasteiger partial charge in [-0.05, 0) is 23.6 Å². The van der Waals surface area contributed by atoms with Crippen LogP contribution in [0.15, 0.2) is 6.33 Å². The molecule has 1 aromatic heterocycles. The molecule has 1 aromatic rings. The van der Waals surface area contributed by atoms with E-state index in [1.807, 2.05) is 13.2 Å². The Kier molecular flexibility index (Phi) is 2.05. The largest absolute Gasteiger partial charge is 0.220 e. The molecule has 0 aliphatic rings. The van der Waals surface area contributed by atoms with E-state index in [1.165, 1.54) is 0 Å². The maximum Gasteiger partial charge on any atom is 0.139 e. The lowest BCUT2D eigenvalue weighted by atomic mass is 10.8. The average Bonchev–Trinajstić information content (AvgIpc) is 2.37. The fourth-order valence-electron chi connectivity index (χ4n) is 0.443. The van der Waals surface area contributed by atoms with E-state index in [0.717, 1.165) is 0 Å². The monoisotopic (exact) mass is 144 g/mol. The fraction of sp³-hybridized carbons (Fsp3) is 0.750. The topological polar surface area (TPSA) is 43.6 Å². The van der Waals surface area contributed by atoms with Gasteiger partial charge in [0.25, 0.3) is 0 Å². The molecule has 1 heterocycles. The summed E-state index contributed by atoms with van der Waals surface area (Å²) in [5.41, 5.74) is 0. The lowest BCUT2D eigenvalue weighted by Crippen LogP contribution is -2.00. The molecule has 50 valence electrons. The van der Waals surface area contributed by atoms with Crippen molar-refractivity contribution in [2.24, 2.45) is 0 Å². The predicted octanol–water partition coefficient (Wildman–Crippen LogP) is 0.555. The highest BCUT2D eigenvalue weighted by Gasteiger charge is 2.00. The lowest BCUT2D eigenvalue weighted by molar-refractivity contribution is 0.612. The van der Waals surface area contributed by atoms with Gasteiger partial charge in [0.15, 0.2) is 0 Å². The van der Waals surface area contributed by atoms with E-state index >= 15 is 0 Å². The van der Waals surface area contributed by atoms with E-state index in [0.29, 0.717) is 5.37 Å². The molecule has 0 saturated heterocycles. The maximum absolute atomic E-state index is 3.72. The second kappa shape index (κ2) is 2.82. The Labute approximate surface area is 57.6 Å². The Morgan fingerprint density at radius 1 is 1.67 bits per heavy atom. The molecule has 0 aromatic carbocycles. The van der Waals surface area contributed by atoms with E-state index in [9.17, 15) is 0 Å². The Bertz CT molecular complexity index is 161. The summed E-state index contributed by atoms with van der Waals surface area (Å²) in [6.45, 7) is 2.04. The van der Waals surface area contributed by atoms with Crippen LogP contribution in [0, 0.1) is 0 Å². The van der Waals surface area contributed by atoms with E-state index in [-0.39, 0.29) is 0 Å². The van der Waals surface area contributed by atoms with Crippen LogP contribution < -0.4 is 0 Å². The molecule has 0 spiro atoms. The molecule has 0 bridgehead atoms. The first-order valence-electron chi connectivity index (χ1n) is 2.60. The van der Waals surface area contributed by atoms with Crippen LogP contribution in [0.4, 0.5) is 0 Å². The fourth-order valence-corrected chi connectivity index (χ4v) is 0.756. The molecule has 0 amide bonds. The van der Waals surface area contributed by atoms with Crippen molar-refractivity contribution in [1.82, 2.24) is 20.2 Å². The Morgan fingerprint density at radius 3 is 2.89 bits per heavy atom. The van der Waals surface area contributed by atoms with Gasteiger partial charge in [0.2, 0.25) is 0 Å². The average molecular weight is 144 g/mol. The summed E-state index contributed by atoms with van der Waals surface area (Å²) in [6.07, 6.45) is 3.63. The molecule has 0 aliphatic heterocycles. The summed E-state index contributed by atoms with van der Waals surface area (Å²) in [5, 5.41) is 11.1. The van der Waals surface area contributed by atoms with Crippen molar-refractivity contribution in [1.29, 1.82) is 0 Å². The maximum atomic E-state index is 3.72. The van der Waals surface area contributed by atoms with Crippen molar-refractivity contribution < 1.29 is 0 Å². The minimum Gasteiger partial charge on any atom is -0.220 e. The van der Waals surface area contributed by atoms with Crippen molar-refractivity contribution in [3.05, 3.63) is 6.33 Å². The summed E-state index contributed by atoms with van der Waals surface area (Å²) in [4.78, 5) is 0. The van der Waals surface area contributed by atoms with Crippen molar-refractivity contribution in [3.8, 4) is 0 Å². The number of hydrogen-bond donors (Lipinski definition) is 0. The second-order valence-electron chi connectivity index (χ2n) is 1.62. The van der Waals surface area contributed by atoms with Gasteiger partial charge in [-0.1, -0.05) is 0 Å². The second-order valence-corrected chi connectivity index (χ2v) is 2.78. The van der Waals surface area contributed by atoms with Crippen molar-refractivity contribution in [2.45, 2.75) is 12.3 Å². The van der Waals surface area contributed by atoms with Gasteiger partial charge >= 0.3 is 0 Å². The van der Waals surface area contributed by atoms with Gasteiger partial charge in [-0.2, -0.15) is 0 Å². The molecule has 0 saturated carbocycles. The molecule has 0 aliphatic carbocycles. The summed E-state index contributed by atoms with van der Waals surface area (Å²) in [5.74, 6) is 0. The summed E-state index contributed by atoms with van der Waals surface area (Å²) < 4.78 is 1.71. The van der Waals surface area contributed by atoms with Gasteiger partial charge in [-0.3, -0.25) is 0 Å². The zero-order chi connectivity index (χ0) is 6.69. The molecule has 0 fully saturated rings. The van der Waals surface area contributed by atoms with Crippen LogP contribution in [0.2, 0.25) is 0 Å². The first-order chi connectivity index (χ1) is 4.34. The van der Waals surface area contributed by atoms with Crippen LogP contribution in [-0.2, 0) is 0 Å². The Balaban J connectivity index is 2.65. The van der Waals surface area contributed by atoms with Crippen LogP contribution in [0.3, 0.4) is 0 Å². The van der Waals surface area contributed by atoms with Gasteiger partial charge < -0.3 is 0 Å². The SMILES string of the molecule is CSC(C)n1cnnn1. The van der Waals surface area contributed by atoms with Crippen LogP contribution in [0.5, 0.6) is 0 Å². The normalized spacial score (nSPS) is 13.6. The Morgan fingerprint density at radius 2 is 2.44 bits per heavy atom. The van der Waals surface area contributed by atoms with Crippen LogP contribution in [0.25, 0.3) is 0 Å². The third-order valence-corrected chi connectivity index (χ3v) is 1.98. The standard InChI is InChI=1S/C4H8N4S/c1-4(9-2)8-3-5-6-7-8/h3-4H,1-2H3. The van der Waals surface area contributed by atoms with Gasteiger partial charge in [0.1, 0.15) is 6.33 Å². The highest BCUT2D eigenvalue weighted by Crippen LogP contribution is 2.14. The number of aromatic nitrogens is 4. The van der Waals surface area contributed by atoms with E-state index in [1.54, 1.807) is 22.8 Å². The third-order valence-electron chi connectivity index (χ3n) is 1.08. The third kappa shape index (κ3) is 1.41. The number of nitrogens with zero attached hydrogens (tertiary/aromatic N) is 4. The minimum atomic E-state index is 0.333. The quantitative estimate of drug-likeness (QED) is 0.608. The van der Waals surface area contributed by atoms with Gasteiger partial charge in [0, 0.05) is 0 Å². The molecule has 0 radical (unpaired) electrons. The first-order valence-corrected chi connectivity index (χ1v) is 3.88. The van der Waals surface area contributed by atoms with Crippen molar-refractivity contribution in [2.75, 3.05) is 6.26 Å². The number of tetrazole rings is 1. The molecule has 1 unspecified atom stereocenters. The highest BCUT2D eigenvalue weighted by atomic mass is 32.2. The number of thioether (sulfide) groups is 1. The molecule has 1 rings (SSSR count). The summed E-state index contributed by atoms with van der Waals surface area (Å²) in [7, 11) is 0. The minimum absolute atomic E-state index is 0.333. The molecule has 9 heavy (non-hydrogen) atoms. The van der Waals surface area contributed by atoms with Gasteiger partial charge in [-0.25, -0.2) is 4.68 Å². The van der Waals surface area contributed by atoms with Gasteiger partial charge in [0.05, 0.1) is 5.37 Å². The molecule has 4 nitrogen and oxygen atoms in total. The summed E-state index contributed by atoms with van der Waals surface area (Å²) >= 11 is 1.70. The highest BCUT2D eigenvalue weighted by molar-refractivity contribution is 7.98. The molecule has 0 N–H and O–H groups in total. The van der Waals surface area contributed by atoms with E-state index < -0.39 is 0 Å². The van der Waals surface area contributed by atoms with Crippen molar-refractivity contribution in [3.63, 3.8) is 0 Å². The van der Waals surface area contributed by atoms with Crippen LogP contribution >= 0.6 is 11.8 Å². The van der Waals surface area contributed by atoms with Crippen LogP contribution in [0.1, 0.15) is 12.3 Å². The summed E-state index contributed by atoms with van der Waals surface area (Å²) in [6, 6.07) is 0. The number of hydrogen-bond acceptors (Lipinski definition) is 4. The van der Waals surface area contributed by atoms with E-state index in [4.69, 9.17) is 0 Å². The Hall–Kier alpha value is -0.580.